The molecule has 0 aromatic heterocycles. The number of benzene rings is 3. The molecule has 0 unspecified atom stereocenters. The molecule has 0 fully saturated rings. The minimum atomic E-state index is -3.80. The molecule has 3 rings (SSSR count). The lowest BCUT2D eigenvalue weighted by atomic mass is 10.1. The second kappa shape index (κ2) is 7.86. The van der Waals surface area contributed by atoms with E-state index in [9.17, 15) is 13.2 Å². The van der Waals surface area contributed by atoms with Crippen LogP contribution in [0.4, 0.5) is 11.4 Å². The van der Waals surface area contributed by atoms with Gasteiger partial charge in [-0.2, -0.15) is 0 Å². The molecule has 144 valence electrons. The Morgan fingerprint density at radius 2 is 1.43 bits per heavy atom. The highest BCUT2D eigenvalue weighted by molar-refractivity contribution is 7.92. The lowest BCUT2D eigenvalue weighted by Crippen LogP contribution is -2.19. The topological polar surface area (TPSA) is 75.3 Å². The zero-order valence-corrected chi connectivity index (χ0v) is 16.8. The van der Waals surface area contributed by atoms with Crippen molar-refractivity contribution < 1.29 is 13.2 Å². The monoisotopic (exact) mass is 394 g/mol. The van der Waals surface area contributed by atoms with Crippen molar-refractivity contribution in [3.8, 4) is 0 Å². The highest BCUT2D eigenvalue weighted by Gasteiger charge is 2.19. The van der Waals surface area contributed by atoms with Gasteiger partial charge in [-0.05, 0) is 62.2 Å². The van der Waals surface area contributed by atoms with Crippen LogP contribution in [-0.2, 0) is 10.0 Å². The third-order valence-electron chi connectivity index (χ3n) is 4.60. The van der Waals surface area contributed by atoms with Crippen molar-refractivity contribution in [2.45, 2.75) is 25.7 Å². The summed E-state index contributed by atoms with van der Waals surface area (Å²) >= 11 is 0. The Kier molecular flexibility index (Phi) is 5.51. The van der Waals surface area contributed by atoms with Gasteiger partial charge in [0.2, 0.25) is 0 Å². The van der Waals surface area contributed by atoms with Gasteiger partial charge in [0.05, 0.1) is 16.1 Å². The number of rotatable bonds is 5. The number of para-hydroxylation sites is 1. The van der Waals surface area contributed by atoms with Crippen LogP contribution in [0.1, 0.15) is 27.0 Å². The highest BCUT2D eigenvalue weighted by atomic mass is 32.2. The molecule has 28 heavy (non-hydrogen) atoms. The van der Waals surface area contributed by atoms with Crippen LogP contribution in [0.3, 0.4) is 0 Å². The minimum absolute atomic E-state index is 0.142. The Balaban J connectivity index is 1.89. The second-order valence-corrected chi connectivity index (χ2v) is 8.35. The molecule has 3 aromatic carbocycles. The third-order valence-corrected chi connectivity index (χ3v) is 5.98. The number of sulfonamides is 1. The quantitative estimate of drug-likeness (QED) is 0.661. The van der Waals surface area contributed by atoms with Crippen molar-refractivity contribution in [1.82, 2.24) is 0 Å². The Labute approximate surface area is 165 Å². The lowest BCUT2D eigenvalue weighted by Gasteiger charge is -2.14. The number of aryl methyl sites for hydroxylation is 2. The van der Waals surface area contributed by atoms with Crippen molar-refractivity contribution >= 4 is 27.3 Å². The summed E-state index contributed by atoms with van der Waals surface area (Å²) in [7, 11) is -3.80. The zero-order chi connectivity index (χ0) is 20.3. The standard InChI is InChI=1S/C22H22N2O3S/c1-15-11-13-18(14-12-15)28(26,27)24-21-9-5-4-8-19(21)22(25)23-20-10-6-7-16(2)17(20)3/h4-14,24H,1-3H3,(H,23,25). The van der Waals surface area contributed by atoms with Gasteiger partial charge in [0, 0.05) is 5.69 Å². The van der Waals surface area contributed by atoms with Crippen LogP contribution < -0.4 is 10.0 Å². The Bertz CT molecular complexity index is 1120. The van der Waals surface area contributed by atoms with E-state index >= 15 is 0 Å². The predicted molar refractivity (Wildman–Crippen MR) is 112 cm³/mol. The average Bonchev–Trinajstić information content (AvgIpc) is 2.66. The molecule has 0 aliphatic heterocycles. The van der Waals surface area contributed by atoms with Crippen LogP contribution in [-0.4, -0.2) is 14.3 Å². The van der Waals surface area contributed by atoms with Gasteiger partial charge in [0.25, 0.3) is 15.9 Å². The molecule has 0 aliphatic carbocycles. The number of amides is 1. The Morgan fingerprint density at radius 3 is 2.14 bits per heavy atom. The fourth-order valence-electron chi connectivity index (χ4n) is 2.77. The maximum atomic E-state index is 12.8. The second-order valence-electron chi connectivity index (χ2n) is 6.67. The van der Waals surface area contributed by atoms with Crippen molar-refractivity contribution in [3.05, 3.63) is 89.0 Å². The van der Waals surface area contributed by atoms with E-state index < -0.39 is 10.0 Å². The number of anilines is 2. The van der Waals surface area contributed by atoms with E-state index in [1.807, 2.05) is 39.0 Å². The number of nitrogens with one attached hydrogen (secondary N) is 2. The summed E-state index contributed by atoms with van der Waals surface area (Å²) in [5.74, 6) is -0.379. The smallest absolute Gasteiger partial charge is 0.261 e. The Morgan fingerprint density at radius 1 is 0.786 bits per heavy atom. The van der Waals surface area contributed by atoms with Gasteiger partial charge < -0.3 is 5.32 Å². The summed E-state index contributed by atoms with van der Waals surface area (Å²) in [6, 6.07) is 18.7. The van der Waals surface area contributed by atoms with Crippen molar-refractivity contribution in [3.63, 3.8) is 0 Å². The van der Waals surface area contributed by atoms with Crippen LogP contribution in [0.15, 0.2) is 71.6 Å². The van der Waals surface area contributed by atoms with Crippen LogP contribution in [0.5, 0.6) is 0 Å². The number of carbonyl (C=O) groups is 1. The lowest BCUT2D eigenvalue weighted by molar-refractivity contribution is 0.102. The molecule has 0 spiro atoms. The summed E-state index contributed by atoms with van der Waals surface area (Å²) in [5.41, 5.74) is 4.16. The van der Waals surface area contributed by atoms with E-state index in [0.29, 0.717) is 5.69 Å². The molecule has 0 saturated heterocycles. The molecular weight excluding hydrogens is 372 g/mol. The predicted octanol–water partition coefficient (Wildman–Crippen LogP) is 4.66. The van der Waals surface area contributed by atoms with Crippen molar-refractivity contribution in [2.24, 2.45) is 0 Å². The van der Waals surface area contributed by atoms with E-state index in [2.05, 4.69) is 10.0 Å². The first kappa shape index (κ1) is 19.6. The summed E-state index contributed by atoms with van der Waals surface area (Å²) in [5, 5.41) is 2.87. The van der Waals surface area contributed by atoms with Gasteiger partial charge in [0.15, 0.2) is 0 Å². The van der Waals surface area contributed by atoms with Gasteiger partial charge >= 0.3 is 0 Å². The number of hydrogen-bond donors (Lipinski definition) is 2. The molecule has 0 saturated carbocycles. The SMILES string of the molecule is Cc1ccc(S(=O)(=O)Nc2ccccc2C(=O)Nc2cccc(C)c2C)cc1. The first-order valence-corrected chi connectivity index (χ1v) is 10.3. The van der Waals surface area contributed by atoms with Gasteiger partial charge in [-0.15, -0.1) is 0 Å². The third kappa shape index (κ3) is 4.23. The zero-order valence-electron chi connectivity index (χ0n) is 16.0. The summed E-state index contributed by atoms with van der Waals surface area (Å²) < 4.78 is 27.9. The number of hydrogen-bond acceptors (Lipinski definition) is 3. The van der Waals surface area contributed by atoms with Crippen molar-refractivity contribution in [2.75, 3.05) is 10.0 Å². The fraction of sp³-hybridized carbons (Fsp3) is 0.136. The van der Waals surface area contributed by atoms with Gasteiger partial charge in [0.1, 0.15) is 0 Å². The first-order chi connectivity index (χ1) is 13.3. The molecule has 6 heteroatoms. The molecule has 5 nitrogen and oxygen atoms in total. The molecule has 0 atom stereocenters. The molecule has 0 radical (unpaired) electrons. The van der Waals surface area contributed by atoms with E-state index in [-0.39, 0.29) is 22.1 Å². The maximum Gasteiger partial charge on any atom is 0.261 e. The van der Waals surface area contributed by atoms with Gasteiger partial charge in [-0.3, -0.25) is 9.52 Å². The van der Waals surface area contributed by atoms with Crippen LogP contribution >= 0.6 is 0 Å². The molecule has 0 heterocycles. The Hall–Kier alpha value is -3.12. The largest absolute Gasteiger partial charge is 0.322 e. The minimum Gasteiger partial charge on any atom is -0.322 e. The first-order valence-electron chi connectivity index (χ1n) is 8.84. The molecule has 1 amide bonds. The number of carbonyl (C=O) groups excluding carboxylic acids is 1. The van der Waals surface area contributed by atoms with E-state index in [4.69, 9.17) is 0 Å². The van der Waals surface area contributed by atoms with Gasteiger partial charge in [-0.25, -0.2) is 8.42 Å². The summed E-state index contributed by atoms with van der Waals surface area (Å²) in [6.07, 6.45) is 0. The molecule has 2 N–H and O–H groups in total. The molecule has 3 aromatic rings. The van der Waals surface area contributed by atoms with Gasteiger partial charge in [-0.1, -0.05) is 42.0 Å². The van der Waals surface area contributed by atoms with E-state index in [1.54, 1.807) is 36.4 Å². The molecule has 0 aliphatic rings. The van der Waals surface area contributed by atoms with Crippen LogP contribution in [0, 0.1) is 20.8 Å². The van der Waals surface area contributed by atoms with E-state index in [0.717, 1.165) is 16.7 Å². The normalized spacial score (nSPS) is 11.1. The maximum absolute atomic E-state index is 12.8. The highest BCUT2D eigenvalue weighted by Crippen LogP contribution is 2.23. The molecule has 0 bridgehead atoms. The van der Waals surface area contributed by atoms with Crippen molar-refractivity contribution in [1.29, 1.82) is 0 Å². The van der Waals surface area contributed by atoms with Crippen LogP contribution in [0.2, 0.25) is 0 Å². The van der Waals surface area contributed by atoms with E-state index in [1.165, 1.54) is 12.1 Å². The fourth-order valence-corrected chi connectivity index (χ4v) is 3.85. The average molecular weight is 394 g/mol. The summed E-state index contributed by atoms with van der Waals surface area (Å²) in [6.45, 7) is 5.78. The van der Waals surface area contributed by atoms with Crippen LogP contribution in [0.25, 0.3) is 0 Å². The summed E-state index contributed by atoms with van der Waals surface area (Å²) in [4.78, 5) is 13.0. The molecular formula is C22H22N2O3S.